The van der Waals surface area contributed by atoms with E-state index in [1.165, 1.54) is 0 Å². The number of carbonyl (C=O) groups is 1. The molecule has 2 aromatic rings. The van der Waals surface area contributed by atoms with E-state index in [9.17, 15) is 4.79 Å². The van der Waals surface area contributed by atoms with Crippen LogP contribution in [0.2, 0.25) is 0 Å². The monoisotopic (exact) mass is 353 g/mol. The first-order valence-electron chi connectivity index (χ1n) is 6.88. The molecule has 0 saturated heterocycles. The number of carbonyl (C=O) groups excluding carboxylic acids is 1. The summed E-state index contributed by atoms with van der Waals surface area (Å²) < 4.78 is 4.70. The smallest absolute Gasteiger partial charge is 0.271 e. The van der Waals surface area contributed by atoms with Gasteiger partial charge in [-0.05, 0) is 49.2 Å². The Morgan fingerprint density at radius 1 is 1.33 bits per heavy atom. The molecule has 0 aliphatic heterocycles. The summed E-state index contributed by atoms with van der Waals surface area (Å²) in [6, 6.07) is 1.79. The third kappa shape index (κ3) is 3.53. The summed E-state index contributed by atoms with van der Waals surface area (Å²) in [5.41, 5.74) is 3.52. The third-order valence-electron chi connectivity index (χ3n) is 3.47. The fourth-order valence-corrected chi connectivity index (χ4v) is 2.37. The second-order valence-corrected chi connectivity index (χ2v) is 5.90. The van der Waals surface area contributed by atoms with Crippen molar-refractivity contribution in [3.63, 3.8) is 0 Å². The molecular weight excluding hydrogens is 334 g/mol. The maximum Gasteiger partial charge on any atom is 0.271 e. The molecule has 0 aliphatic rings. The molecule has 0 unspecified atom stereocenters. The first-order valence-corrected chi connectivity index (χ1v) is 7.67. The number of hydrogen-bond acceptors (Lipinski definition) is 3. The van der Waals surface area contributed by atoms with Crippen LogP contribution in [0.1, 0.15) is 34.0 Å². The van der Waals surface area contributed by atoms with Crippen LogP contribution in [0, 0.1) is 20.8 Å². The molecule has 6 nitrogen and oxygen atoms in total. The molecule has 0 aliphatic carbocycles. The van der Waals surface area contributed by atoms with Crippen molar-refractivity contribution < 1.29 is 4.79 Å². The average Bonchev–Trinajstić information content (AvgIpc) is 2.90. The van der Waals surface area contributed by atoms with Gasteiger partial charge in [-0.15, -0.1) is 0 Å². The summed E-state index contributed by atoms with van der Waals surface area (Å²) in [4.78, 5) is 11.9. The summed E-state index contributed by atoms with van der Waals surface area (Å²) in [6.07, 6.45) is 0.825. The van der Waals surface area contributed by atoms with E-state index in [0.717, 1.165) is 34.5 Å². The van der Waals surface area contributed by atoms with Crippen molar-refractivity contribution in [2.24, 2.45) is 7.05 Å². The van der Waals surface area contributed by atoms with E-state index in [-0.39, 0.29) is 5.91 Å². The van der Waals surface area contributed by atoms with Gasteiger partial charge in [-0.25, -0.2) is 0 Å². The summed E-state index contributed by atoms with van der Waals surface area (Å²) in [7, 11) is 1.83. The minimum Gasteiger partial charge on any atom is -0.351 e. The van der Waals surface area contributed by atoms with Crippen LogP contribution in [0.3, 0.4) is 0 Å². The van der Waals surface area contributed by atoms with Crippen LogP contribution in [0.25, 0.3) is 0 Å². The minimum atomic E-state index is -0.131. The Morgan fingerprint density at radius 3 is 2.57 bits per heavy atom. The molecule has 1 amide bonds. The molecule has 2 rings (SSSR count). The second-order valence-electron chi connectivity index (χ2n) is 5.11. The number of hydrogen-bond donors (Lipinski definition) is 1. The van der Waals surface area contributed by atoms with Gasteiger partial charge in [-0.1, -0.05) is 0 Å². The van der Waals surface area contributed by atoms with Crippen LogP contribution in [-0.4, -0.2) is 32.0 Å². The molecule has 0 atom stereocenters. The van der Waals surface area contributed by atoms with E-state index < -0.39 is 0 Å². The molecule has 0 fully saturated rings. The number of nitrogens with one attached hydrogen (secondary N) is 1. The van der Waals surface area contributed by atoms with Gasteiger partial charge >= 0.3 is 0 Å². The Balaban J connectivity index is 1.82. The highest BCUT2D eigenvalue weighted by molar-refractivity contribution is 9.10. The van der Waals surface area contributed by atoms with Crippen LogP contribution in [0.5, 0.6) is 0 Å². The summed E-state index contributed by atoms with van der Waals surface area (Å²) in [5, 5.41) is 11.5. The number of aromatic nitrogens is 4. The Hall–Kier alpha value is -1.63. The molecule has 7 heteroatoms. The third-order valence-corrected chi connectivity index (χ3v) is 4.62. The van der Waals surface area contributed by atoms with Gasteiger partial charge in [-0.2, -0.15) is 10.2 Å². The van der Waals surface area contributed by atoms with Crippen molar-refractivity contribution in [1.29, 1.82) is 0 Å². The van der Waals surface area contributed by atoms with Crippen LogP contribution in [0.4, 0.5) is 0 Å². The van der Waals surface area contributed by atoms with Gasteiger partial charge in [0.05, 0.1) is 10.2 Å². The summed E-state index contributed by atoms with van der Waals surface area (Å²) in [6.45, 7) is 7.30. The molecule has 0 aromatic carbocycles. The Bertz CT molecular complexity index is 639. The quantitative estimate of drug-likeness (QED) is 0.837. The van der Waals surface area contributed by atoms with E-state index in [1.54, 1.807) is 10.7 Å². The number of amides is 1. The van der Waals surface area contributed by atoms with E-state index in [2.05, 4.69) is 31.4 Å². The number of aryl methyl sites for hydroxylation is 4. The number of rotatable bonds is 5. The summed E-state index contributed by atoms with van der Waals surface area (Å²) in [5.74, 6) is -0.131. The zero-order chi connectivity index (χ0) is 15.6. The Morgan fingerprint density at radius 2 is 2.05 bits per heavy atom. The first-order chi connectivity index (χ1) is 9.90. The second kappa shape index (κ2) is 6.43. The zero-order valence-corrected chi connectivity index (χ0v) is 14.4. The Labute approximate surface area is 132 Å². The molecule has 2 aromatic heterocycles. The van der Waals surface area contributed by atoms with Gasteiger partial charge in [0.1, 0.15) is 5.69 Å². The van der Waals surface area contributed by atoms with Crippen LogP contribution in [0.15, 0.2) is 10.5 Å². The summed E-state index contributed by atoms with van der Waals surface area (Å²) >= 11 is 3.51. The normalized spacial score (nSPS) is 10.9. The topological polar surface area (TPSA) is 64.7 Å². The standard InChI is InChI=1S/C14H20BrN5O/c1-9-8-12(18-19(9)4)14(21)16-6-5-7-20-11(3)13(15)10(2)17-20/h8H,5-7H2,1-4H3,(H,16,21). The number of nitrogens with zero attached hydrogens (tertiary/aromatic N) is 4. The molecule has 0 radical (unpaired) electrons. The highest BCUT2D eigenvalue weighted by Gasteiger charge is 2.11. The van der Waals surface area contributed by atoms with Gasteiger partial charge in [0.15, 0.2) is 0 Å². The largest absolute Gasteiger partial charge is 0.351 e. The first kappa shape index (κ1) is 15.8. The SMILES string of the molecule is Cc1nn(CCCNC(=O)c2cc(C)n(C)n2)c(C)c1Br. The maximum absolute atomic E-state index is 11.9. The number of halogens is 1. The van der Waals surface area contributed by atoms with Gasteiger partial charge < -0.3 is 5.32 Å². The minimum absolute atomic E-state index is 0.131. The fourth-order valence-electron chi connectivity index (χ4n) is 2.09. The van der Waals surface area contributed by atoms with Crippen LogP contribution < -0.4 is 5.32 Å². The van der Waals surface area contributed by atoms with Crippen molar-refractivity contribution in [1.82, 2.24) is 24.9 Å². The maximum atomic E-state index is 11.9. The molecule has 0 bridgehead atoms. The molecule has 114 valence electrons. The van der Waals surface area contributed by atoms with Gasteiger partial charge in [0.25, 0.3) is 5.91 Å². The van der Waals surface area contributed by atoms with E-state index >= 15 is 0 Å². The van der Waals surface area contributed by atoms with Gasteiger partial charge in [-0.3, -0.25) is 14.2 Å². The van der Waals surface area contributed by atoms with E-state index in [0.29, 0.717) is 12.2 Å². The van der Waals surface area contributed by atoms with Crippen molar-refractivity contribution >= 4 is 21.8 Å². The molecule has 21 heavy (non-hydrogen) atoms. The van der Waals surface area contributed by atoms with E-state index in [1.807, 2.05) is 32.5 Å². The van der Waals surface area contributed by atoms with Crippen molar-refractivity contribution in [2.45, 2.75) is 33.7 Å². The van der Waals surface area contributed by atoms with Crippen molar-refractivity contribution in [3.8, 4) is 0 Å². The van der Waals surface area contributed by atoms with Crippen LogP contribution >= 0.6 is 15.9 Å². The lowest BCUT2D eigenvalue weighted by atomic mass is 10.3. The fraction of sp³-hybridized carbons (Fsp3) is 0.500. The molecule has 1 N–H and O–H groups in total. The van der Waals surface area contributed by atoms with Gasteiger partial charge in [0, 0.05) is 31.5 Å². The lowest BCUT2D eigenvalue weighted by molar-refractivity contribution is 0.0947. The molecule has 0 spiro atoms. The average molecular weight is 354 g/mol. The highest BCUT2D eigenvalue weighted by Crippen LogP contribution is 2.19. The Kier molecular flexibility index (Phi) is 4.82. The van der Waals surface area contributed by atoms with Gasteiger partial charge in [0.2, 0.25) is 0 Å². The zero-order valence-electron chi connectivity index (χ0n) is 12.8. The van der Waals surface area contributed by atoms with Crippen molar-refractivity contribution in [2.75, 3.05) is 6.54 Å². The van der Waals surface area contributed by atoms with Crippen molar-refractivity contribution in [3.05, 3.63) is 33.3 Å². The molecular formula is C14H20BrN5O. The predicted octanol–water partition coefficient (Wildman–Crippen LogP) is 2.12. The van der Waals surface area contributed by atoms with E-state index in [4.69, 9.17) is 0 Å². The molecule has 2 heterocycles. The van der Waals surface area contributed by atoms with Crippen LogP contribution in [-0.2, 0) is 13.6 Å². The predicted molar refractivity (Wildman–Crippen MR) is 84.3 cm³/mol. The lowest BCUT2D eigenvalue weighted by Crippen LogP contribution is -2.26. The lowest BCUT2D eigenvalue weighted by Gasteiger charge is -2.05. The highest BCUT2D eigenvalue weighted by atomic mass is 79.9. The molecule has 0 saturated carbocycles.